The van der Waals surface area contributed by atoms with Gasteiger partial charge in [-0.25, -0.2) is 0 Å². The predicted octanol–water partition coefficient (Wildman–Crippen LogP) is 3.14. The van der Waals surface area contributed by atoms with Crippen molar-refractivity contribution in [3.63, 3.8) is 0 Å². The minimum atomic E-state index is -1.08. The van der Waals surface area contributed by atoms with Crippen molar-refractivity contribution < 1.29 is 0 Å². The molecule has 0 aliphatic carbocycles. The highest BCUT2D eigenvalue weighted by atomic mass is 14.4. The van der Waals surface area contributed by atoms with Crippen molar-refractivity contribution in [2.45, 2.75) is 38.5 Å². The third-order valence-corrected chi connectivity index (χ3v) is 2.23. The summed E-state index contributed by atoms with van der Waals surface area (Å²) in [5, 5.41) is 57.1. The van der Waals surface area contributed by atoms with Crippen LogP contribution in [-0.4, -0.2) is 0 Å². The fourth-order valence-electron chi connectivity index (χ4n) is 1.15. The lowest BCUT2D eigenvalue weighted by Crippen LogP contribution is -2.15. The van der Waals surface area contributed by atoms with E-state index in [0.717, 1.165) is 0 Å². The maximum Gasteiger partial charge on any atom is 0.144 e. The van der Waals surface area contributed by atoms with Crippen LogP contribution in [0, 0.1) is 84.7 Å². The van der Waals surface area contributed by atoms with Gasteiger partial charge in [-0.3, -0.25) is 0 Å². The molecule has 0 amide bonds. The number of unbranched alkanes of at least 4 members (excludes halogenated alkanes) is 1. The lowest BCUT2D eigenvalue weighted by Gasteiger charge is -2.15. The number of hydrogen-bond acceptors (Lipinski definition) is 7. The van der Waals surface area contributed by atoms with Gasteiger partial charge >= 0.3 is 0 Å². The number of hydrogen-bond donors (Lipinski definition) is 0. The molecule has 0 radical (unpaired) electrons. The molecule has 7 nitrogen and oxygen atoms in total. The van der Waals surface area contributed by atoms with E-state index in [1.807, 2.05) is 24.3 Å². The first-order chi connectivity index (χ1) is 11.1. The summed E-state index contributed by atoms with van der Waals surface area (Å²) < 4.78 is 0. The minimum Gasteiger partial charge on any atom is -0.198 e. The molecule has 0 atom stereocenters. The highest BCUT2D eigenvalue weighted by molar-refractivity contribution is 5.14. The van der Waals surface area contributed by atoms with Crippen LogP contribution in [0.25, 0.3) is 0 Å². The molecule has 0 heterocycles. The third kappa shape index (κ3) is 18.2. The Balaban J connectivity index is -0.000000365. The van der Waals surface area contributed by atoms with Gasteiger partial charge in [0.15, 0.2) is 0 Å². The van der Waals surface area contributed by atoms with Crippen LogP contribution in [0.5, 0.6) is 0 Å². The Morgan fingerprint density at radius 2 is 1.22 bits per heavy atom. The number of allylic oxidation sites excluding steroid dienone is 1. The van der Waals surface area contributed by atoms with Crippen LogP contribution in [0.2, 0.25) is 0 Å². The Morgan fingerprint density at radius 1 is 0.739 bits per heavy atom. The van der Waals surface area contributed by atoms with E-state index in [-0.39, 0.29) is 19.3 Å². The lowest BCUT2D eigenvalue weighted by molar-refractivity contribution is 0.433. The van der Waals surface area contributed by atoms with E-state index in [0.29, 0.717) is 19.3 Å². The smallest absolute Gasteiger partial charge is 0.144 e. The number of nitrogens with zero attached hydrogens (tertiary/aromatic N) is 7. The van der Waals surface area contributed by atoms with E-state index in [1.54, 1.807) is 18.2 Å². The van der Waals surface area contributed by atoms with Crippen LogP contribution >= 0.6 is 0 Å². The molecule has 0 unspecified atom stereocenters. The van der Waals surface area contributed by atoms with Crippen molar-refractivity contribution in [3.8, 4) is 42.5 Å². The Hall–Kier alpha value is -3.83. The van der Waals surface area contributed by atoms with Crippen LogP contribution in [0.15, 0.2) is 12.7 Å². The van der Waals surface area contributed by atoms with Crippen molar-refractivity contribution in [1.29, 1.82) is 36.8 Å². The molecule has 0 aromatic heterocycles. The lowest BCUT2D eigenvalue weighted by atomic mass is 9.82. The van der Waals surface area contributed by atoms with Gasteiger partial charge in [-0.1, -0.05) is 6.58 Å². The van der Waals surface area contributed by atoms with Crippen molar-refractivity contribution in [2.75, 3.05) is 0 Å². The van der Waals surface area contributed by atoms with Crippen LogP contribution in [-0.2, 0) is 0 Å². The normalized spacial score (nSPS) is 7.17. The van der Waals surface area contributed by atoms with E-state index >= 15 is 0 Å². The average molecular weight is 305 g/mol. The number of rotatable bonds is 5. The summed E-state index contributed by atoms with van der Waals surface area (Å²) >= 11 is 0. The minimum absolute atomic E-state index is 0. The van der Waals surface area contributed by atoms with E-state index in [2.05, 4.69) is 6.58 Å². The van der Waals surface area contributed by atoms with E-state index in [4.69, 9.17) is 36.8 Å². The molecule has 0 aliphatic heterocycles. The van der Waals surface area contributed by atoms with E-state index in [1.165, 1.54) is 6.08 Å². The second-order valence-electron chi connectivity index (χ2n) is 3.80. The quantitative estimate of drug-likeness (QED) is 0.555. The van der Waals surface area contributed by atoms with Gasteiger partial charge in [-0.05, 0) is 19.3 Å². The summed E-state index contributed by atoms with van der Waals surface area (Å²) in [6, 6.07) is 12.8. The van der Waals surface area contributed by atoms with E-state index in [9.17, 15) is 0 Å². The van der Waals surface area contributed by atoms with Crippen molar-refractivity contribution in [3.05, 3.63) is 12.7 Å². The van der Waals surface area contributed by atoms with Crippen molar-refractivity contribution in [2.24, 2.45) is 5.41 Å². The summed E-state index contributed by atoms with van der Waals surface area (Å²) in [4.78, 5) is 0. The first-order valence-corrected chi connectivity index (χ1v) is 6.38. The Bertz CT molecular complexity index is 589. The fraction of sp³-hybridized carbons (Fsp3) is 0.438. The molecule has 0 saturated heterocycles. The second kappa shape index (κ2) is 20.5. The highest BCUT2D eigenvalue weighted by Crippen LogP contribution is 2.28. The maximum absolute atomic E-state index is 8.84. The monoisotopic (exact) mass is 305 g/mol. The zero-order valence-electron chi connectivity index (χ0n) is 12.7. The SMILES string of the molecule is C=CC#N.N#CCC#N.N#CCCCC(C#N)(C#N)CCC#N. The van der Waals surface area contributed by atoms with Crippen LogP contribution in [0.1, 0.15) is 38.5 Å². The fourth-order valence-corrected chi connectivity index (χ4v) is 1.15. The Morgan fingerprint density at radius 3 is 1.48 bits per heavy atom. The Labute approximate surface area is 136 Å². The Kier molecular flexibility index (Phi) is 21.6. The largest absolute Gasteiger partial charge is 0.198 e. The molecule has 114 valence electrons. The molecule has 0 aliphatic rings. The van der Waals surface area contributed by atoms with Gasteiger partial charge in [0.25, 0.3) is 0 Å². The summed E-state index contributed by atoms with van der Waals surface area (Å²) in [5.41, 5.74) is -1.08. The van der Waals surface area contributed by atoms with Gasteiger partial charge in [0.1, 0.15) is 11.8 Å². The van der Waals surface area contributed by atoms with Crippen LogP contribution in [0.3, 0.4) is 0 Å². The molecule has 0 fully saturated rings. The van der Waals surface area contributed by atoms with Crippen LogP contribution < -0.4 is 0 Å². The topological polar surface area (TPSA) is 167 Å². The summed E-state index contributed by atoms with van der Waals surface area (Å²) in [6.07, 6.45) is 2.89. The van der Waals surface area contributed by atoms with E-state index < -0.39 is 5.41 Å². The molecule has 0 N–H and O–H groups in total. The molecule has 7 heteroatoms. The average Bonchev–Trinajstić information content (AvgIpc) is 2.60. The molecule has 0 bridgehead atoms. The standard InChI is InChI=1S/C10H10N4.C3H2N2.C3H3N/c11-6-2-1-4-10(8-13,9-14)5-3-7-12;4-2-1-3-5;1-2-3-4/h1-5H2;1H2;2H,1H2. The summed E-state index contributed by atoms with van der Waals surface area (Å²) in [6.45, 7) is 3.12. The highest BCUT2D eigenvalue weighted by Gasteiger charge is 2.28. The van der Waals surface area contributed by atoms with Gasteiger partial charge in [0.2, 0.25) is 0 Å². The van der Waals surface area contributed by atoms with Gasteiger partial charge in [-0.2, -0.15) is 36.8 Å². The first kappa shape index (κ1) is 24.2. The van der Waals surface area contributed by atoms with Gasteiger partial charge in [0.05, 0.1) is 42.5 Å². The van der Waals surface area contributed by atoms with Gasteiger partial charge in [0, 0.05) is 18.9 Å². The summed E-state index contributed by atoms with van der Waals surface area (Å²) in [5.74, 6) is 0. The molecular formula is C16H15N7. The van der Waals surface area contributed by atoms with Crippen LogP contribution in [0.4, 0.5) is 0 Å². The zero-order chi connectivity index (χ0) is 18.4. The van der Waals surface area contributed by atoms with Crippen molar-refractivity contribution in [1.82, 2.24) is 0 Å². The van der Waals surface area contributed by atoms with Gasteiger partial charge < -0.3 is 0 Å². The first-order valence-electron chi connectivity index (χ1n) is 6.38. The number of nitriles is 7. The predicted molar refractivity (Wildman–Crippen MR) is 79.6 cm³/mol. The second-order valence-corrected chi connectivity index (χ2v) is 3.80. The molecule has 0 aromatic rings. The van der Waals surface area contributed by atoms with Gasteiger partial charge in [-0.15, -0.1) is 0 Å². The molecule has 0 spiro atoms. The zero-order valence-corrected chi connectivity index (χ0v) is 12.7. The molecular weight excluding hydrogens is 290 g/mol. The summed E-state index contributed by atoms with van der Waals surface area (Å²) in [7, 11) is 0. The molecule has 0 saturated carbocycles. The van der Waals surface area contributed by atoms with Crippen molar-refractivity contribution >= 4 is 0 Å². The third-order valence-electron chi connectivity index (χ3n) is 2.23. The maximum atomic E-state index is 8.84. The molecule has 0 rings (SSSR count). The molecule has 0 aromatic carbocycles. The molecule has 23 heavy (non-hydrogen) atoms.